The number of nitrogens with two attached hydrogens (primary N) is 1. The van der Waals surface area contributed by atoms with E-state index in [4.69, 9.17) is 10.5 Å². The number of rotatable bonds is 7. The second kappa shape index (κ2) is 8.36. The molecule has 2 rings (SSSR count). The maximum absolute atomic E-state index is 12.3. The highest BCUT2D eigenvalue weighted by atomic mass is 32.2. The number of hydrogen-bond donors (Lipinski definition) is 2. The van der Waals surface area contributed by atoms with E-state index >= 15 is 0 Å². The van der Waals surface area contributed by atoms with Crippen LogP contribution in [0.3, 0.4) is 0 Å². The number of aliphatic imine (C=N–C) groups is 1. The molecule has 0 spiro atoms. The van der Waals surface area contributed by atoms with Crippen LogP contribution in [0.1, 0.15) is 42.6 Å². The van der Waals surface area contributed by atoms with Gasteiger partial charge in [-0.3, -0.25) is 9.79 Å². The normalized spacial score (nSPS) is 20.9. The van der Waals surface area contributed by atoms with E-state index in [0.717, 1.165) is 24.2 Å². The Morgan fingerprint density at radius 3 is 3.09 bits per heavy atom. The molecule has 23 heavy (non-hydrogen) atoms. The van der Waals surface area contributed by atoms with E-state index in [2.05, 4.69) is 17.2 Å². The molecule has 0 saturated carbocycles. The number of ether oxygens (including phenoxy) is 1. The molecule has 0 aromatic heterocycles. The van der Waals surface area contributed by atoms with Gasteiger partial charge in [-0.1, -0.05) is 23.9 Å². The Morgan fingerprint density at radius 1 is 1.52 bits per heavy atom. The summed E-state index contributed by atoms with van der Waals surface area (Å²) in [4.78, 5) is 16.9. The largest absolute Gasteiger partial charge is 0.382 e. The molecular weight excluding hydrogens is 310 g/mol. The van der Waals surface area contributed by atoms with Gasteiger partial charge in [-0.2, -0.15) is 0 Å². The molecule has 1 atom stereocenters. The van der Waals surface area contributed by atoms with Gasteiger partial charge in [0.2, 0.25) is 0 Å². The van der Waals surface area contributed by atoms with Crippen LogP contribution in [0, 0.1) is 0 Å². The van der Waals surface area contributed by atoms with Crippen LogP contribution in [0.15, 0.2) is 29.3 Å². The number of amides is 1. The Balaban J connectivity index is 2.02. The smallest absolute Gasteiger partial charge is 0.251 e. The van der Waals surface area contributed by atoms with Crippen LogP contribution in [-0.4, -0.2) is 36.6 Å². The monoisotopic (exact) mass is 335 g/mol. The van der Waals surface area contributed by atoms with Crippen molar-refractivity contribution >= 4 is 22.8 Å². The summed E-state index contributed by atoms with van der Waals surface area (Å²) in [5.41, 5.74) is 7.22. The minimum atomic E-state index is -0.347. The first kappa shape index (κ1) is 17.8. The van der Waals surface area contributed by atoms with E-state index in [1.54, 1.807) is 11.8 Å². The lowest BCUT2D eigenvalue weighted by Crippen LogP contribution is -2.30. The Kier molecular flexibility index (Phi) is 6.47. The lowest BCUT2D eigenvalue weighted by atomic mass is 9.88. The predicted octanol–water partition coefficient (Wildman–Crippen LogP) is 2.51. The van der Waals surface area contributed by atoms with Crippen LogP contribution in [0.2, 0.25) is 0 Å². The molecule has 0 aliphatic carbocycles. The van der Waals surface area contributed by atoms with Crippen molar-refractivity contribution < 1.29 is 9.53 Å². The fraction of sp³-hybridized carbons (Fsp3) is 0.529. The summed E-state index contributed by atoms with van der Waals surface area (Å²) in [6.07, 6.45) is 1.73. The molecule has 0 fully saturated rings. The average molecular weight is 335 g/mol. The number of amidine groups is 1. The Labute approximate surface area is 142 Å². The second-order valence-electron chi connectivity index (χ2n) is 5.71. The number of hydrogen-bond acceptors (Lipinski definition) is 5. The fourth-order valence-electron chi connectivity index (χ4n) is 2.51. The minimum absolute atomic E-state index is 0.0610. The predicted molar refractivity (Wildman–Crippen MR) is 95.9 cm³/mol. The Bertz CT molecular complexity index is 577. The van der Waals surface area contributed by atoms with Gasteiger partial charge >= 0.3 is 0 Å². The zero-order chi connectivity index (χ0) is 16.7. The molecule has 0 radical (unpaired) electrons. The molecule has 1 unspecified atom stereocenters. The van der Waals surface area contributed by atoms with Gasteiger partial charge in [-0.15, -0.1) is 0 Å². The van der Waals surface area contributed by atoms with Gasteiger partial charge in [-0.25, -0.2) is 0 Å². The molecule has 1 aromatic carbocycles. The average Bonchev–Trinajstić information content (AvgIpc) is 2.54. The van der Waals surface area contributed by atoms with Crippen molar-refractivity contribution in [3.63, 3.8) is 0 Å². The molecule has 1 amide bonds. The molecule has 1 aromatic rings. The van der Waals surface area contributed by atoms with Crippen molar-refractivity contribution in [2.45, 2.75) is 32.2 Å². The quantitative estimate of drug-likeness (QED) is 0.751. The highest BCUT2D eigenvalue weighted by Crippen LogP contribution is 2.35. The molecule has 1 aliphatic rings. The lowest BCUT2D eigenvalue weighted by Gasteiger charge is -2.30. The van der Waals surface area contributed by atoms with Crippen LogP contribution in [0.4, 0.5) is 0 Å². The molecule has 1 heterocycles. The van der Waals surface area contributed by atoms with E-state index in [-0.39, 0.29) is 11.4 Å². The second-order valence-corrected chi connectivity index (χ2v) is 6.82. The van der Waals surface area contributed by atoms with Crippen LogP contribution < -0.4 is 11.1 Å². The number of benzene rings is 1. The first-order valence-electron chi connectivity index (χ1n) is 8.00. The summed E-state index contributed by atoms with van der Waals surface area (Å²) in [5, 5.41) is 3.54. The number of carbonyl (C=O) groups is 1. The van der Waals surface area contributed by atoms with Crippen LogP contribution in [-0.2, 0) is 10.3 Å². The highest BCUT2D eigenvalue weighted by Gasteiger charge is 2.29. The molecular formula is C17H25N3O2S. The minimum Gasteiger partial charge on any atom is -0.382 e. The zero-order valence-corrected chi connectivity index (χ0v) is 14.6. The van der Waals surface area contributed by atoms with Crippen molar-refractivity contribution in [2.75, 3.05) is 25.5 Å². The number of nitrogens with zero attached hydrogens (tertiary/aromatic N) is 1. The standard InChI is InChI=1S/C17H25N3O2S/c1-3-22-10-5-9-19-15(21)13-6-4-7-14(12-13)17(2)8-11-23-16(18)20-17/h4,6-7,12H,3,5,8-11H2,1-2H3,(H2,18,20)(H,19,21). The van der Waals surface area contributed by atoms with Gasteiger partial charge in [0.1, 0.15) is 0 Å². The van der Waals surface area contributed by atoms with Crippen molar-refractivity contribution in [1.82, 2.24) is 5.32 Å². The van der Waals surface area contributed by atoms with Crippen LogP contribution >= 0.6 is 11.8 Å². The first-order valence-corrected chi connectivity index (χ1v) is 8.98. The highest BCUT2D eigenvalue weighted by molar-refractivity contribution is 8.13. The van der Waals surface area contributed by atoms with Gasteiger partial charge in [0.05, 0.1) is 5.54 Å². The lowest BCUT2D eigenvalue weighted by molar-refractivity contribution is 0.0944. The molecule has 5 nitrogen and oxygen atoms in total. The van der Waals surface area contributed by atoms with E-state index in [0.29, 0.717) is 30.5 Å². The summed E-state index contributed by atoms with van der Waals surface area (Å²) in [6, 6.07) is 7.67. The first-order chi connectivity index (χ1) is 11.0. The van der Waals surface area contributed by atoms with Crippen molar-refractivity contribution in [2.24, 2.45) is 10.7 Å². The molecule has 126 valence electrons. The molecule has 3 N–H and O–H groups in total. The van der Waals surface area contributed by atoms with Crippen molar-refractivity contribution in [3.05, 3.63) is 35.4 Å². The SMILES string of the molecule is CCOCCCNC(=O)c1cccc(C2(C)CCSC(N)=N2)c1. The van der Waals surface area contributed by atoms with Crippen LogP contribution in [0.5, 0.6) is 0 Å². The van der Waals surface area contributed by atoms with Gasteiger partial charge in [-0.05, 0) is 44.4 Å². The van der Waals surface area contributed by atoms with Crippen molar-refractivity contribution in [3.8, 4) is 0 Å². The summed E-state index contributed by atoms with van der Waals surface area (Å²) >= 11 is 1.58. The van der Waals surface area contributed by atoms with Gasteiger partial charge < -0.3 is 15.8 Å². The van der Waals surface area contributed by atoms with E-state index < -0.39 is 0 Å². The topological polar surface area (TPSA) is 76.7 Å². The summed E-state index contributed by atoms with van der Waals surface area (Å²) in [6.45, 7) is 6.02. The third kappa shape index (κ3) is 4.97. The third-order valence-corrected chi connectivity index (χ3v) is 4.69. The Hall–Kier alpha value is -1.53. The molecule has 0 saturated heterocycles. The summed E-state index contributed by atoms with van der Waals surface area (Å²) < 4.78 is 5.26. The third-order valence-electron chi connectivity index (χ3n) is 3.90. The molecule has 6 heteroatoms. The van der Waals surface area contributed by atoms with E-state index in [1.165, 1.54) is 0 Å². The van der Waals surface area contributed by atoms with Gasteiger partial charge in [0.15, 0.2) is 5.17 Å². The molecule has 0 bridgehead atoms. The van der Waals surface area contributed by atoms with Gasteiger partial charge in [0, 0.05) is 31.1 Å². The summed E-state index contributed by atoms with van der Waals surface area (Å²) in [7, 11) is 0. The Morgan fingerprint density at radius 2 is 2.35 bits per heavy atom. The van der Waals surface area contributed by atoms with Gasteiger partial charge in [0.25, 0.3) is 5.91 Å². The van der Waals surface area contributed by atoms with Crippen LogP contribution in [0.25, 0.3) is 0 Å². The maximum atomic E-state index is 12.3. The fourth-order valence-corrected chi connectivity index (χ4v) is 3.49. The molecule has 1 aliphatic heterocycles. The van der Waals surface area contributed by atoms with E-state index in [1.807, 2.05) is 31.2 Å². The van der Waals surface area contributed by atoms with Crippen molar-refractivity contribution in [1.29, 1.82) is 0 Å². The summed E-state index contributed by atoms with van der Waals surface area (Å²) in [5.74, 6) is 0.883. The van der Waals surface area contributed by atoms with E-state index in [9.17, 15) is 4.79 Å². The number of carbonyl (C=O) groups excluding carboxylic acids is 1. The number of nitrogens with one attached hydrogen (secondary N) is 1. The zero-order valence-electron chi connectivity index (χ0n) is 13.8. The maximum Gasteiger partial charge on any atom is 0.251 e. The number of thioether (sulfide) groups is 1.